The number of amides is 2. The van der Waals surface area contributed by atoms with Gasteiger partial charge in [0, 0.05) is 15.8 Å². The largest absolute Gasteiger partial charge is 0.349 e. The molecule has 0 aliphatic heterocycles. The highest BCUT2D eigenvalue weighted by atomic mass is 32.1. The van der Waals surface area contributed by atoms with Crippen LogP contribution in [0.15, 0.2) is 41.1 Å². The van der Waals surface area contributed by atoms with E-state index < -0.39 is 23.3 Å². The summed E-state index contributed by atoms with van der Waals surface area (Å²) in [6, 6.07) is 6.74. The third-order valence-electron chi connectivity index (χ3n) is 4.91. The van der Waals surface area contributed by atoms with Gasteiger partial charge in [-0.1, -0.05) is 23.5 Å². The predicted octanol–water partition coefficient (Wildman–Crippen LogP) is 4.74. The zero-order valence-corrected chi connectivity index (χ0v) is 18.8. The monoisotopic (exact) mass is 446 g/mol. The number of halogens is 1. The van der Waals surface area contributed by atoms with Crippen molar-refractivity contribution in [3.05, 3.63) is 63.0 Å². The van der Waals surface area contributed by atoms with E-state index >= 15 is 0 Å². The van der Waals surface area contributed by atoms with Gasteiger partial charge in [0.15, 0.2) is 11.7 Å². The van der Waals surface area contributed by atoms with Crippen LogP contribution in [-0.4, -0.2) is 26.9 Å². The first-order valence-corrected chi connectivity index (χ1v) is 11.2. The molecule has 0 saturated carbocycles. The molecular weight excluding hydrogens is 423 g/mol. The molecule has 0 bridgehead atoms. The van der Waals surface area contributed by atoms with E-state index in [0.29, 0.717) is 11.3 Å². The molecule has 9 heteroatoms. The van der Waals surface area contributed by atoms with Crippen molar-refractivity contribution in [2.24, 2.45) is 0 Å². The molecule has 0 radical (unpaired) electrons. The maximum atomic E-state index is 14.9. The molecule has 2 amide bonds. The van der Waals surface area contributed by atoms with Crippen molar-refractivity contribution in [2.45, 2.75) is 45.7 Å². The Balaban J connectivity index is 2.18. The fourth-order valence-corrected chi connectivity index (χ4v) is 4.35. The van der Waals surface area contributed by atoms with Crippen LogP contribution in [-0.2, 0) is 4.79 Å². The van der Waals surface area contributed by atoms with Gasteiger partial charge in [-0.2, -0.15) is 0 Å². The number of aryl methyl sites for hydroxylation is 1. The van der Waals surface area contributed by atoms with Crippen molar-refractivity contribution in [2.75, 3.05) is 4.90 Å². The first-order valence-electron chi connectivity index (χ1n) is 9.46. The van der Waals surface area contributed by atoms with Crippen LogP contribution >= 0.6 is 22.9 Å². The van der Waals surface area contributed by atoms with Crippen molar-refractivity contribution in [3.63, 3.8) is 0 Å². The molecule has 1 aromatic carbocycles. The Bertz CT molecular complexity index is 1030. The average Bonchev–Trinajstić information content (AvgIpc) is 3.38. The van der Waals surface area contributed by atoms with Crippen molar-refractivity contribution in [1.82, 2.24) is 14.9 Å². The number of carbonyl (C=O) groups is 2. The SMILES string of the molecule is CCC(C)(C)NC(=O)C(c1sccc1C)N(C(=O)c1csnn1)c1ccccc1F. The molecule has 1 unspecified atom stereocenters. The molecule has 0 spiro atoms. The minimum absolute atomic E-state index is 0.0118. The molecule has 2 heterocycles. The van der Waals surface area contributed by atoms with Crippen molar-refractivity contribution in [3.8, 4) is 0 Å². The van der Waals surface area contributed by atoms with Gasteiger partial charge >= 0.3 is 0 Å². The van der Waals surface area contributed by atoms with Crippen molar-refractivity contribution < 1.29 is 14.0 Å². The number of hydrogen-bond donors (Lipinski definition) is 1. The second kappa shape index (κ2) is 9.01. The zero-order chi connectivity index (χ0) is 21.9. The molecule has 6 nitrogen and oxygen atoms in total. The Kier molecular flexibility index (Phi) is 6.62. The van der Waals surface area contributed by atoms with Gasteiger partial charge in [-0.05, 0) is 67.9 Å². The zero-order valence-electron chi connectivity index (χ0n) is 17.2. The summed E-state index contributed by atoms with van der Waals surface area (Å²) in [5, 5.41) is 10.2. The standard InChI is InChI=1S/C21H23FN4O2S2/c1-5-21(3,4)23-19(27)17(18-13(2)10-11-29-18)26(16-9-7-6-8-14(16)22)20(28)15-12-30-25-24-15/h6-12,17H,5H2,1-4H3,(H,23,27). The lowest BCUT2D eigenvalue weighted by atomic mass is 10.00. The van der Waals surface area contributed by atoms with E-state index in [4.69, 9.17) is 0 Å². The first-order chi connectivity index (χ1) is 14.2. The van der Waals surface area contributed by atoms with Gasteiger partial charge < -0.3 is 5.32 Å². The second-order valence-electron chi connectivity index (χ2n) is 7.51. The van der Waals surface area contributed by atoms with E-state index in [9.17, 15) is 14.0 Å². The van der Waals surface area contributed by atoms with E-state index in [1.54, 1.807) is 6.07 Å². The molecular formula is C21H23FN4O2S2. The van der Waals surface area contributed by atoms with E-state index in [-0.39, 0.29) is 17.3 Å². The van der Waals surface area contributed by atoms with E-state index in [2.05, 4.69) is 14.9 Å². The molecule has 30 heavy (non-hydrogen) atoms. The Labute approximate surface area is 182 Å². The third kappa shape index (κ3) is 4.57. The van der Waals surface area contributed by atoms with Crippen LogP contribution in [0.4, 0.5) is 10.1 Å². The molecule has 0 aliphatic carbocycles. The number of nitrogens with one attached hydrogen (secondary N) is 1. The third-order valence-corrected chi connectivity index (χ3v) is 6.49. The fourth-order valence-electron chi connectivity index (χ4n) is 2.90. The number of rotatable bonds is 7. The Morgan fingerprint density at radius 2 is 2.00 bits per heavy atom. The lowest BCUT2D eigenvalue weighted by Crippen LogP contribution is -2.50. The number of para-hydroxylation sites is 1. The van der Waals surface area contributed by atoms with Gasteiger partial charge in [0.2, 0.25) is 5.91 Å². The molecule has 0 fully saturated rings. The molecule has 1 N–H and O–H groups in total. The van der Waals surface area contributed by atoms with Gasteiger partial charge in [0.25, 0.3) is 5.91 Å². The van der Waals surface area contributed by atoms with Crippen molar-refractivity contribution in [1.29, 1.82) is 0 Å². The average molecular weight is 447 g/mol. The van der Waals surface area contributed by atoms with Gasteiger partial charge in [-0.25, -0.2) is 4.39 Å². The highest BCUT2D eigenvalue weighted by molar-refractivity contribution is 7.10. The molecule has 0 aliphatic rings. The maximum absolute atomic E-state index is 14.9. The summed E-state index contributed by atoms with van der Waals surface area (Å²) in [5.41, 5.74) is 0.426. The lowest BCUT2D eigenvalue weighted by molar-refractivity contribution is -0.124. The first kappa shape index (κ1) is 22.0. The second-order valence-corrected chi connectivity index (χ2v) is 9.07. The number of nitrogens with zero attached hydrogens (tertiary/aromatic N) is 3. The molecule has 1 atom stereocenters. The van der Waals surface area contributed by atoms with Crippen LogP contribution in [0.5, 0.6) is 0 Å². The van der Waals surface area contributed by atoms with Crippen LogP contribution < -0.4 is 10.2 Å². The van der Waals surface area contributed by atoms with Gasteiger partial charge in [0.1, 0.15) is 5.82 Å². The topological polar surface area (TPSA) is 75.2 Å². The highest BCUT2D eigenvalue weighted by Crippen LogP contribution is 2.35. The molecule has 158 valence electrons. The van der Waals surface area contributed by atoms with Gasteiger partial charge in [0.05, 0.1) is 5.69 Å². The van der Waals surface area contributed by atoms with Crippen LogP contribution in [0.25, 0.3) is 0 Å². The van der Waals surface area contributed by atoms with Crippen molar-refractivity contribution >= 4 is 40.4 Å². The Morgan fingerprint density at radius 1 is 1.27 bits per heavy atom. The minimum Gasteiger partial charge on any atom is -0.349 e. The minimum atomic E-state index is -1.05. The summed E-state index contributed by atoms with van der Waals surface area (Å²) in [7, 11) is 0. The Morgan fingerprint density at radius 3 is 2.57 bits per heavy atom. The predicted molar refractivity (Wildman–Crippen MR) is 117 cm³/mol. The number of aromatic nitrogens is 2. The number of benzene rings is 1. The highest BCUT2D eigenvalue weighted by Gasteiger charge is 2.38. The van der Waals surface area contributed by atoms with Crippen LogP contribution in [0.3, 0.4) is 0 Å². The molecule has 3 aromatic rings. The molecule has 0 saturated heterocycles. The summed E-state index contributed by atoms with van der Waals surface area (Å²) in [6.07, 6.45) is 0.693. The number of hydrogen-bond acceptors (Lipinski definition) is 6. The summed E-state index contributed by atoms with van der Waals surface area (Å²) in [4.78, 5) is 28.8. The molecule has 2 aromatic heterocycles. The van der Waals surface area contributed by atoms with Gasteiger partial charge in [-0.15, -0.1) is 16.4 Å². The fraction of sp³-hybridized carbons (Fsp3) is 0.333. The van der Waals surface area contributed by atoms with E-state index in [1.807, 2.05) is 39.1 Å². The maximum Gasteiger partial charge on any atom is 0.280 e. The van der Waals surface area contributed by atoms with Crippen LogP contribution in [0.2, 0.25) is 0 Å². The lowest BCUT2D eigenvalue weighted by Gasteiger charge is -2.34. The smallest absolute Gasteiger partial charge is 0.280 e. The quantitative estimate of drug-likeness (QED) is 0.569. The Hall–Kier alpha value is -2.65. The number of carbonyl (C=O) groups excluding carboxylic acids is 2. The normalized spacial score (nSPS) is 12.4. The summed E-state index contributed by atoms with van der Waals surface area (Å²) >= 11 is 2.37. The van der Waals surface area contributed by atoms with E-state index in [0.717, 1.165) is 17.1 Å². The molecule has 3 rings (SSSR count). The summed E-state index contributed by atoms with van der Waals surface area (Å²) in [6.45, 7) is 7.64. The van der Waals surface area contributed by atoms with Crippen LogP contribution in [0.1, 0.15) is 54.2 Å². The van der Waals surface area contributed by atoms with E-state index in [1.165, 1.54) is 39.8 Å². The van der Waals surface area contributed by atoms with Gasteiger partial charge in [-0.3, -0.25) is 14.5 Å². The van der Waals surface area contributed by atoms with Crippen LogP contribution in [0, 0.1) is 12.7 Å². The summed E-state index contributed by atoms with van der Waals surface area (Å²) in [5.74, 6) is -1.57. The number of anilines is 1. The summed E-state index contributed by atoms with van der Waals surface area (Å²) < 4.78 is 18.6. The number of thiophene rings is 1.